The van der Waals surface area contributed by atoms with Crippen LogP contribution in [0.15, 0.2) is 22.8 Å². The maximum absolute atomic E-state index is 12.8. The van der Waals surface area contributed by atoms with Crippen molar-refractivity contribution >= 4 is 29.3 Å². The quantitative estimate of drug-likeness (QED) is 0.776. The van der Waals surface area contributed by atoms with Crippen molar-refractivity contribution < 1.29 is 9.21 Å². The topological polar surface area (TPSA) is 45.5 Å². The Morgan fingerprint density at radius 1 is 1.30 bits per heavy atom. The van der Waals surface area contributed by atoms with Crippen LogP contribution in [0.25, 0.3) is 11.0 Å². The average Bonchev–Trinajstić information content (AvgIpc) is 3.01. The Kier molecular flexibility index (Phi) is 7.75. The minimum absolute atomic E-state index is 0. The van der Waals surface area contributed by atoms with Gasteiger partial charge >= 0.3 is 0 Å². The van der Waals surface area contributed by atoms with Crippen molar-refractivity contribution in [2.75, 3.05) is 26.7 Å². The second-order valence-electron chi connectivity index (χ2n) is 8.01. The zero-order chi connectivity index (χ0) is 18.7. The maximum atomic E-state index is 12.8. The Balaban J connectivity index is 0.00000261. The van der Waals surface area contributed by atoms with Crippen LogP contribution in [-0.2, 0) is 11.2 Å². The van der Waals surface area contributed by atoms with Crippen LogP contribution >= 0.6 is 12.4 Å². The minimum Gasteiger partial charge on any atom is -0.464 e. The molecule has 0 atom stereocenters. The summed E-state index contributed by atoms with van der Waals surface area (Å²) in [5.41, 5.74) is 4.49. The summed E-state index contributed by atoms with van der Waals surface area (Å²) in [4.78, 5) is 14.8. The lowest BCUT2D eigenvalue weighted by Gasteiger charge is -2.32. The summed E-state index contributed by atoms with van der Waals surface area (Å²) < 4.78 is 5.74. The number of aryl methyl sites for hydroxylation is 1. The first-order valence-corrected chi connectivity index (χ1v) is 9.92. The number of nitrogens with one attached hydrogen (secondary N) is 1. The molecule has 1 aromatic heterocycles. The lowest BCUT2D eigenvalue weighted by molar-refractivity contribution is -0.131. The number of piperidine rings is 1. The summed E-state index contributed by atoms with van der Waals surface area (Å²) in [5, 5.41) is 4.32. The largest absolute Gasteiger partial charge is 0.464 e. The SMILES string of the molecule is CNCCC1CCN(C(=O)Cc2coc3cc(C)c(C(C)C)cc23)CC1.Cl. The predicted octanol–water partition coefficient (Wildman–Crippen LogP) is 4.68. The average molecular weight is 393 g/mol. The van der Waals surface area contributed by atoms with Gasteiger partial charge in [0, 0.05) is 24.0 Å². The molecule has 3 rings (SSSR count). The summed E-state index contributed by atoms with van der Waals surface area (Å²) in [6.07, 6.45) is 5.66. The highest BCUT2D eigenvalue weighted by atomic mass is 35.5. The number of rotatable bonds is 6. The molecule has 0 spiro atoms. The molecule has 27 heavy (non-hydrogen) atoms. The van der Waals surface area contributed by atoms with Gasteiger partial charge < -0.3 is 14.6 Å². The van der Waals surface area contributed by atoms with E-state index in [0.29, 0.717) is 12.3 Å². The van der Waals surface area contributed by atoms with Crippen LogP contribution < -0.4 is 5.32 Å². The lowest BCUT2D eigenvalue weighted by atomic mass is 9.93. The molecule has 0 radical (unpaired) electrons. The van der Waals surface area contributed by atoms with Crippen LogP contribution in [0.2, 0.25) is 0 Å². The van der Waals surface area contributed by atoms with E-state index in [1.54, 1.807) is 6.26 Å². The van der Waals surface area contributed by atoms with E-state index in [-0.39, 0.29) is 18.3 Å². The van der Waals surface area contributed by atoms with Gasteiger partial charge in [-0.25, -0.2) is 0 Å². The second kappa shape index (κ2) is 9.61. The van der Waals surface area contributed by atoms with E-state index in [1.165, 1.54) is 17.5 Å². The first-order chi connectivity index (χ1) is 12.5. The number of carbonyl (C=O) groups excluding carboxylic acids is 1. The molecule has 1 aliphatic rings. The number of likely N-dealkylation sites (tertiary alicyclic amines) is 1. The van der Waals surface area contributed by atoms with E-state index < -0.39 is 0 Å². The van der Waals surface area contributed by atoms with Crippen molar-refractivity contribution in [1.82, 2.24) is 10.2 Å². The number of hydrogen-bond acceptors (Lipinski definition) is 3. The fourth-order valence-corrected chi connectivity index (χ4v) is 4.10. The Labute approximate surface area is 169 Å². The predicted molar refractivity (Wildman–Crippen MR) is 114 cm³/mol. The summed E-state index contributed by atoms with van der Waals surface area (Å²) in [5.74, 6) is 1.44. The number of furan rings is 1. The molecule has 1 N–H and O–H groups in total. The van der Waals surface area contributed by atoms with Crippen molar-refractivity contribution in [3.8, 4) is 0 Å². The Bertz CT molecular complexity index is 761. The molecule has 1 saturated heterocycles. The van der Waals surface area contributed by atoms with E-state index in [9.17, 15) is 4.79 Å². The van der Waals surface area contributed by atoms with Crippen molar-refractivity contribution in [1.29, 1.82) is 0 Å². The van der Waals surface area contributed by atoms with Crippen LogP contribution in [0.3, 0.4) is 0 Å². The first kappa shape index (κ1) is 21.8. The molecular weight excluding hydrogens is 360 g/mol. The fourth-order valence-electron chi connectivity index (χ4n) is 4.10. The standard InChI is InChI=1S/C22H32N2O2.ClH/c1-15(2)19-13-20-18(14-26-21(20)11-16(19)3)12-22(25)24-9-6-17(7-10-24)5-8-23-4;/h11,13-15,17,23H,5-10,12H2,1-4H3;1H. The van der Waals surface area contributed by atoms with Gasteiger partial charge in [-0.05, 0) is 74.9 Å². The molecule has 4 nitrogen and oxygen atoms in total. The van der Waals surface area contributed by atoms with Crippen LogP contribution in [0, 0.1) is 12.8 Å². The summed E-state index contributed by atoms with van der Waals surface area (Å²) >= 11 is 0. The van der Waals surface area contributed by atoms with E-state index in [2.05, 4.69) is 38.2 Å². The van der Waals surface area contributed by atoms with Crippen LogP contribution in [0.4, 0.5) is 0 Å². The molecular formula is C22H33ClN2O2. The molecule has 1 aromatic carbocycles. The molecule has 2 aromatic rings. The molecule has 0 saturated carbocycles. The Morgan fingerprint density at radius 2 is 2.00 bits per heavy atom. The molecule has 0 aliphatic carbocycles. The van der Waals surface area contributed by atoms with Crippen molar-refractivity contribution in [2.24, 2.45) is 5.92 Å². The van der Waals surface area contributed by atoms with Crippen molar-refractivity contribution in [3.05, 3.63) is 35.1 Å². The number of carbonyl (C=O) groups is 1. The highest BCUT2D eigenvalue weighted by Gasteiger charge is 2.23. The van der Waals surface area contributed by atoms with E-state index >= 15 is 0 Å². The number of fused-ring (bicyclic) bond motifs is 1. The third-order valence-electron chi connectivity index (χ3n) is 5.78. The molecule has 0 unspecified atom stereocenters. The number of halogens is 1. The highest BCUT2D eigenvalue weighted by Crippen LogP contribution is 2.29. The third-order valence-corrected chi connectivity index (χ3v) is 5.78. The van der Waals surface area contributed by atoms with Crippen molar-refractivity contribution in [2.45, 2.75) is 52.4 Å². The lowest BCUT2D eigenvalue weighted by Crippen LogP contribution is -2.39. The summed E-state index contributed by atoms with van der Waals surface area (Å²) in [6.45, 7) is 9.38. The normalized spacial score (nSPS) is 15.4. The van der Waals surface area contributed by atoms with Gasteiger partial charge in [0.05, 0.1) is 12.7 Å². The molecule has 2 heterocycles. The van der Waals surface area contributed by atoms with Crippen LogP contribution in [0.5, 0.6) is 0 Å². The van der Waals surface area contributed by atoms with Gasteiger partial charge in [0.2, 0.25) is 5.91 Å². The molecule has 150 valence electrons. The zero-order valence-corrected chi connectivity index (χ0v) is 17.8. The first-order valence-electron chi connectivity index (χ1n) is 9.92. The van der Waals surface area contributed by atoms with Crippen LogP contribution in [0.1, 0.15) is 55.7 Å². The smallest absolute Gasteiger partial charge is 0.227 e. The van der Waals surface area contributed by atoms with E-state index in [4.69, 9.17) is 4.42 Å². The van der Waals surface area contributed by atoms with Gasteiger partial charge in [-0.1, -0.05) is 13.8 Å². The van der Waals surface area contributed by atoms with Gasteiger partial charge in [-0.3, -0.25) is 4.79 Å². The van der Waals surface area contributed by atoms with Gasteiger partial charge in [-0.15, -0.1) is 12.4 Å². The number of benzene rings is 1. The molecule has 0 bridgehead atoms. The fraction of sp³-hybridized carbons (Fsp3) is 0.591. The minimum atomic E-state index is 0. The van der Waals surface area contributed by atoms with Crippen molar-refractivity contribution in [3.63, 3.8) is 0 Å². The summed E-state index contributed by atoms with van der Waals surface area (Å²) in [6, 6.07) is 4.32. The summed E-state index contributed by atoms with van der Waals surface area (Å²) in [7, 11) is 2.00. The van der Waals surface area contributed by atoms with Gasteiger partial charge in [-0.2, -0.15) is 0 Å². The molecule has 1 aliphatic heterocycles. The zero-order valence-electron chi connectivity index (χ0n) is 17.0. The molecule has 5 heteroatoms. The molecule has 1 fully saturated rings. The monoisotopic (exact) mass is 392 g/mol. The van der Waals surface area contributed by atoms with Gasteiger partial charge in [0.25, 0.3) is 0 Å². The van der Waals surface area contributed by atoms with E-state index in [0.717, 1.165) is 54.9 Å². The number of hydrogen-bond donors (Lipinski definition) is 1. The highest BCUT2D eigenvalue weighted by molar-refractivity contribution is 5.88. The van der Waals surface area contributed by atoms with E-state index in [1.807, 2.05) is 11.9 Å². The molecule has 1 amide bonds. The van der Waals surface area contributed by atoms with Crippen LogP contribution in [-0.4, -0.2) is 37.5 Å². The Hall–Kier alpha value is -1.52. The second-order valence-corrected chi connectivity index (χ2v) is 8.01. The van der Waals surface area contributed by atoms with Gasteiger partial charge in [0.15, 0.2) is 0 Å². The maximum Gasteiger partial charge on any atom is 0.227 e. The Morgan fingerprint density at radius 3 is 2.63 bits per heavy atom. The third kappa shape index (κ3) is 5.05. The number of amides is 1. The number of nitrogens with zero attached hydrogens (tertiary/aromatic N) is 1. The van der Waals surface area contributed by atoms with Gasteiger partial charge in [0.1, 0.15) is 5.58 Å².